The van der Waals surface area contributed by atoms with Crippen LogP contribution in [0.4, 0.5) is 0 Å². The van der Waals surface area contributed by atoms with Crippen molar-refractivity contribution in [1.82, 2.24) is 4.98 Å². The van der Waals surface area contributed by atoms with Gasteiger partial charge >= 0.3 is 5.97 Å². The van der Waals surface area contributed by atoms with Crippen LogP contribution in [0.25, 0.3) is 0 Å². The van der Waals surface area contributed by atoms with Crippen LogP contribution >= 0.6 is 11.3 Å². The van der Waals surface area contributed by atoms with Gasteiger partial charge in [-0.05, 0) is 17.5 Å². The molecule has 2 aromatic heterocycles. The van der Waals surface area contributed by atoms with Crippen molar-refractivity contribution in [3.63, 3.8) is 0 Å². The molecule has 0 amide bonds. The second kappa shape index (κ2) is 4.76. The van der Waals surface area contributed by atoms with E-state index in [1.54, 1.807) is 11.3 Å². The number of carbonyl (C=O) groups is 1. The van der Waals surface area contributed by atoms with E-state index in [0.717, 1.165) is 4.88 Å². The molecule has 0 saturated carbocycles. The smallest absolute Gasteiger partial charge is 0.335 e. The number of pyridine rings is 1. The number of rotatable bonds is 4. The molecule has 0 unspecified atom stereocenters. The fraction of sp³-hybridized carbons (Fsp3) is 0.0909. The van der Waals surface area contributed by atoms with E-state index in [2.05, 4.69) is 4.98 Å². The van der Waals surface area contributed by atoms with E-state index in [-0.39, 0.29) is 5.56 Å². The predicted octanol–water partition coefficient (Wildman–Crippen LogP) is 2.42. The Labute approximate surface area is 96.1 Å². The van der Waals surface area contributed by atoms with Crippen LogP contribution in [0.5, 0.6) is 5.88 Å². The third kappa shape index (κ3) is 2.58. The zero-order valence-electron chi connectivity index (χ0n) is 8.29. The molecule has 1 N–H and O–H groups in total. The van der Waals surface area contributed by atoms with Crippen molar-refractivity contribution in [2.45, 2.75) is 6.61 Å². The van der Waals surface area contributed by atoms with Crippen LogP contribution in [0.3, 0.4) is 0 Å². The summed E-state index contributed by atoms with van der Waals surface area (Å²) in [5, 5.41) is 10.7. The molecule has 4 nitrogen and oxygen atoms in total. The summed E-state index contributed by atoms with van der Waals surface area (Å²) in [6.45, 7) is 0.410. The summed E-state index contributed by atoms with van der Waals surface area (Å²) >= 11 is 1.58. The van der Waals surface area contributed by atoms with Crippen molar-refractivity contribution in [2.24, 2.45) is 0 Å². The van der Waals surface area contributed by atoms with Crippen molar-refractivity contribution in [2.75, 3.05) is 0 Å². The number of carboxylic acid groups (broad SMARTS) is 1. The second-order valence-corrected chi connectivity index (χ2v) is 4.09. The van der Waals surface area contributed by atoms with E-state index in [9.17, 15) is 4.79 Å². The van der Waals surface area contributed by atoms with Crippen molar-refractivity contribution in [1.29, 1.82) is 0 Å². The lowest BCUT2D eigenvalue weighted by molar-refractivity contribution is 0.0696. The molecule has 0 bridgehead atoms. The molecule has 0 spiro atoms. The van der Waals surface area contributed by atoms with Crippen LogP contribution in [-0.4, -0.2) is 16.1 Å². The number of thiophene rings is 1. The summed E-state index contributed by atoms with van der Waals surface area (Å²) in [4.78, 5) is 15.7. The number of aromatic nitrogens is 1. The van der Waals surface area contributed by atoms with Gasteiger partial charge in [-0.15, -0.1) is 11.3 Å². The predicted molar refractivity (Wildman–Crippen MR) is 59.8 cm³/mol. The molecule has 0 fully saturated rings. The van der Waals surface area contributed by atoms with Gasteiger partial charge in [-0.3, -0.25) is 0 Å². The van der Waals surface area contributed by atoms with Gasteiger partial charge in [0.05, 0.1) is 5.56 Å². The van der Waals surface area contributed by atoms with Crippen LogP contribution < -0.4 is 4.74 Å². The molecule has 2 heterocycles. The normalized spacial score (nSPS) is 10.0. The van der Waals surface area contributed by atoms with Crippen LogP contribution in [-0.2, 0) is 6.61 Å². The molecule has 0 radical (unpaired) electrons. The number of aromatic carboxylic acids is 1. The molecular weight excluding hydrogens is 226 g/mol. The van der Waals surface area contributed by atoms with E-state index < -0.39 is 5.97 Å². The fourth-order valence-corrected chi connectivity index (χ4v) is 1.78. The number of hydrogen-bond acceptors (Lipinski definition) is 4. The van der Waals surface area contributed by atoms with Crippen molar-refractivity contribution in [3.8, 4) is 5.88 Å². The molecule has 0 aromatic carbocycles. The minimum Gasteiger partial charge on any atom is -0.478 e. The number of hydrogen-bond donors (Lipinski definition) is 1. The van der Waals surface area contributed by atoms with Crippen molar-refractivity contribution < 1.29 is 14.6 Å². The molecule has 0 aliphatic heterocycles. The van der Waals surface area contributed by atoms with Crippen LogP contribution in [0.2, 0.25) is 0 Å². The summed E-state index contributed by atoms with van der Waals surface area (Å²) in [5.74, 6) is -0.656. The van der Waals surface area contributed by atoms with E-state index in [1.165, 1.54) is 18.3 Å². The molecule has 0 saturated heterocycles. The van der Waals surface area contributed by atoms with Gasteiger partial charge in [0.25, 0.3) is 0 Å². The third-order valence-electron chi connectivity index (χ3n) is 1.92. The summed E-state index contributed by atoms with van der Waals surface area (Å²) in [5.41, 5.74) is 0.177. The lowest BCUT2D eigenvalue weighted by Gasteiger charge is -2.03. The van der Waals surface area contributed by atoms with Crippen LogP contribution in [0.1, 0.15) is 15.2 Å². The standard InChI is InChI=1S/C11H9NO3S/c13-11(14)8-3-4-12-10(6-8)15-7-9-2-1-5-16-9/h1-6H,7H2,(H,13,14). The SMILES string of the molecule is O=C(O)c1ccnc(OCc2cccs2)c1. The molecule has 5 heteroatoms. The number of carboxylic acids is 1. The van der Waals surface area contributed by atoms with Gasteiger partial charge in [-0.2, -0.15) is 0 Å². The zero-order chi connectivity index (χ0) is 11.4. The maximum Gasteiger partial charge on any atom is 0.335 e. The van der Waals surface area contributed by atoms with Gasteiger partial charge in [0.2, 0.25) is 5.88 Å². The Balaban J connectivity index is 2.04. The van der Waals surface area contributed by atoms with Gasteiger partial charge in [-0.25, -0.2) is 9.78 Å². The van der Waals surface area contributed by atoms with Gasteiger partial charge < -0.3 is 9.84 Å². The quantitative estimate of drug-likeness (QED) is 0.884. The molecule has 82 valence electrons. The number of nitrogens with zero attached hydrogens (tertiary/aromatic N) is 1. The first kappa shape index (κ1) is 10.6. The average Bonchev–Trinajstić information content (AvgIpc) is 2.79. The van der Waals surface area contributed by atoms with Gasteiger partial charge in [0, 0.05) is 17.1 Å². The molecule has 2 aromatic rings. The van der Waals surface area contributed by atoms with E-state index in [1.807, 2.05) is 17.5 Å². The van der Waals surface area contributed by atoms with Gasteiger partial charge in [-0.1, -0.05) is 6.07 Å². The molecule has 0 aliphatic rings. The van der Waals surface area contributed by atoms with Crippen LogP contribution in [0, 0.1) is 0 Å². The van der Waals surface area contributed by atoms with E-state index >= 15 is 0 Å². The van der Waals surface area contributed by atoms with Gasteiger partial charge in [0.15, 0.2) is 0 Å². The molecular formula is C11H9NO3S. The summed E-state index contributed by atoms with van der Waals surface area (Å²) < 4.78 is 5.38. The molecule has 0 atom stereocenters. The first-order valence-electron chi connectivity index (χ1n) is 4.60. The zero-order valence-corrected chi connectivity index (χ0v) is 9.11. The summed E-state index contributed by atoms with van der Waals surface area (Å²) in [6.07, 6.45) is 1.42. The van der Waals surface area contributed by atoms with E-state index in [0.29, 0.717) is 12.5 Å². The maximum atomic E-state index is 10.7. The number of ether oxygens (including phenoxy) is 1. The minimum absolute atomic E-state index is 0.177. The highest BCUT2D eigenvalue weighted by molar-refractivity contribution is 7.09. The topological polar surface area (TPSA) is 59.4 Å². The Morgan fingerprint density at radius 2 is 2.38 bits per heavy atom. The Bertz CT molecular complexity index is 482. The largest absolute Gasteiger partial charge is 0.478 e. The third-order valence-corrected chi connectivity index (χ3v) is 2.77. The first-order valence-corrected chi connectivity index (χ1v) is 5.48. The summed E-state index contributed by atoms with van der Waals surface area (Å²) in [6, 6.07) is 6.73. The first-order chi connectivity index (χ1) is 7.75. The maximum absolute atomic E-state index is 10.7. The Morgan fingerprint density at radius 1 is 1.50 bits per heavy atom. The van der Waals surface area contributed by atoms with Gasteiger partial charge in [0.1, 0.15) is 6.61 Å². The molecule has 0 aliphatic carbocycles. The molecule has 2 rings (SSSR count). The molecule has 16 heavy (non-hydrogen) atoms. The van der Waals surface area contributed by atoms with E-state index in [4.69, 9.17) is 9.84 Å². The monoisotopic (exact) mass is 235 g/mol. The fourth-order valence-electron chi connectivity index (χ4n) is 1.16. The van der Waals surface area contributed by atoms with Crippen molar-refractivity contribution in [3.05, 3.63) is 46.3 Å². The lowest BCUT2D eigenvalue weighted by Crippen LogP contribution is -2.00. The summed E-state index contributed by atoms with van der Waals surface area (Å²) in [7, 11) is 0. The van der Waals surface area contributed by atoms with Crippen molar-refractivity contribution >= 4 is 17.3 Å². The Kier molecular flexibility index (Phi) is 3.16. The Hall–Kier alpha value is -1.88. The minimum atomic E-state index is -0.983. The second-order valence-electron chi connectivity index (χ2n) is 3.06. The lowest BCUT2D eigenvalue weighted by atomic mass is 10.3. The highest BCUT2D eigenvalue weighted by Gasteiger charge is 2.05. The highest BCUT2D eigenvalue weighted by atomic mass is 32.1. The average molecular weight is 235 g/mol. The Morgan fingerprint density at radius 3 is 3.06 bits per heavy atom. The van der Waals surface area contributed by atoms with Crippen LogP contribution in [0.15, 0.2) is 35.8 Å². The highest BCUT2D eigenvalue weighted by Crippen LogP contribution is 2.14.